The van der Waals surface area contributed by atoms with E-state index in [1.54, 1.807) is 37.9 Å². The third-order valence-corrected chi connectivity index (χ3v) is 3.67. The second kappa shape index (κ2) is 6.33. The first-order chi connectivity index (χ1) is 9.23. The summed E-state index contributed by atoms with van der Waals surface area (Å²) in [5.74, 6) is 0.112. The van der Waals surface area contributed by atoms with E-state index in [-0.39, 0.29) is 0 Å². The fourth-order valence-electron chi connectivity index (χ4n) is 1.70. The molecule has 0 atom stereocenters. The molecule has 0 aliphatic rings. The van der Waals surface area contributed by atoms with Crippen molar-refractivity contribution < 1.29 is 19.4 Å². The molecule has 0 spiro atoms. The van der Waals surface area contributed by atoms with E-state index in [0.717, 1.165) is 5.56 Å². The van der Waals surface area contributed by atoms with E-state index in [9.17, 15) is 9.90 Å². The molecule has 1 aromatic carbocycles. The van der Waals surface area contributed by atoms with Gasteiger partial charge in [0.15, 0.2) is 11.5 Å². The molecule has 0 unspecified atom stereocenters. The number of benzene rings is 1. The van der Waals surface area contributed by atoms with Gasteiger partial charge >= 0.3 is 5.97 Å². The van der Waals surface area contributed by atoms with Crippen molar-refractivity contribution >= 4 is 17.6 Å². The summed E-state index contributed by atoms with van der Waals surface area (Å²) >= 11 is 6.13. The number of carbonyl (C=O) groups is 1. The van der Waals surface area contributed by atoms with Crippen LogP contribution in [0.3, 0.4) is 0 Å². The van der Waals surface area contributed by atoms with Gasteiger partial charge in [-0.2, -0.15) is 0 Å². The molecular formula is C14H20ClNO4. The van der Waals surface area contributed by atoms with Crippen LogP contribution in [0, 0.1) is 0 Å². The molecule has 0 aliphatic heterocycles. The fraction of sp³-hybridized carbons (Fsp3) is 0.500. The molecule has 0 saturated carbocycles. The molecule has 0 amide bonds. The highest BCUT2D eigenvalue weighted by Crippen LogP contribution is 2.36. The first-order valence-electron chi connectivity index (χ1n) is 6.09. The third-order valence-electron chi connectivity index (χ3n) is 3.39. The number of likely N-dealkylation sites (N-methyl/N-ethyl adjacent to an activating group) is 1. The van der Waals surface area contributed by atoms with E-state index >= 15 is 0 Å². The van der Waals surface area contributed by atoms with Crippen LogP contribution in [0.15, 0.2) is 12.1 Å². The standard InChI is InChI=1S/C14H20ClNO4/c1-14(2,13(17)18)16(3)8-9-6-10(15)12(20-5)11(7-9)19-4/h6-7H,8H2,1-5H3,(H,17,18). The van der Waals surface area contributed by atoms with Gasteiger partial charge < -0.3 is 14.6 Å². The molecule has 0 heterocycles. The summed E-state index contributed by atoms with van der Waals surface area (Å²) in [6.45, 7) is 3.73. The number of hydrogen-bond donors (Lipinski definition) is 1. The molecule has 0 fully saturated rings. The van der Waals surface area contributed by atoms with Crippen molar-refractivity contribution in [2.45, 2.75) is 25.9 Å². The van der Waals surface area contributed by atoms with E-state index in [2.05, 4.69) is 0 Å². The maximum atomic E-state index is 11.2. The van der Waals surface area contributed by atoms with Crippen molar-refractivity contribution in [3.8, 4) is 11.5 Å². The molecule has 1 rings (SSSR count). The molecule has 0 radical (unpaired) electrons. The number of hydrogen-bond acceptors (Lipinski definition) is 4. The zero-order chi connectivity index (χ0) is 15.5. The molecule has 0 aliphatic carbocycles. The first kappa shape index (κ1) is 16.6. The second-order valence-electron chi connectivity index (χ2n) is 5.03. The van der Waals surface area contributed by atoms with Crippen molar-refractivity contribution in [2.75, 3.05) is 21.3 Å². The van der Waals surface area contributed by atoms with Gasteiger partial charge in [0.2, 0.25) is 0 Å². The molecule has 112 valence electrons. The Bertz CT molecular complexity index is 502. The summed E-state index contributed by atoms with van der Waals surface area (Å²) in [6, 6.07) is 3.54. The van der Waals surface area contributed by atoms with Gasteiger partial charge in [0.25, 0.3) is 0 Å². The highest BCUT2D eigenvalue weighted by molar-refractivity contribution is 6.32. The van der Waals surface area contributed by atoms with Crippen LogP contribution in [0.4, 0.5) is 0 Å². The van der Waals surface area contributed by atoms with Crippen molar-refractivity contribution in [3.63, 3.8) is 0 Å². The van der Waals surface area contributed by atoms with Crippen LogP contribution in [-0.4, -0.2) is 42.8 Å². The average Bonchev–Trinajstić information content (AvgIpc) is 2.37. The van der Waals surface area contributed by atoms with Gasteiger partial charge in [-0.25, -0.2) is 0 Å². The Morgan fingerprint density at radius 2 is 1.95 bits per heavy atom. The zero-order valence-corrected chi connectivity index (χ0v) is 13.1. The van der Waals surface area contributed by atoms with Gasteiger partial charge in [-0.1, -0.05) is 11.6 Å². The summed E-state index contributed by atoms with van der Waals surface area (Å²) in [7, 11) is 4.80. The van der Waals surface area contributed by atoms with Gasteiger partial charge in [-0.15, -0.1) is 0 Å². The Morgan fingerprint density at radius 3 is 2.40 bits per heavy atom. The number of methoxy groups -OCH3 is 2. The van der Waals surface area contributed by atoms with Crippen LogP contribution in [-0.2, 0) is 11.3 Å². The molecule has 6 heteroatoms. The predicted molar refractivity (Wildman–Crippen MR) is 77.7 cm³/mol. The van der Waals surface area contributed by atoms with Crippen molar-refractivity contribution in [1.29, 1.82) is 0 Å². The molecule has 0 saturated heterocycles. The molecule has 0 aromatic heterocycles. The summed E-state index contributed by atoms with van der Waals surface area (Å²) < 4.78 is 10.4. The fourth-order valence-corrected chi connectivity index (χ4v) is 2.01. The monoisotopic (exact) mass is 301 g/mol. The lowest BCUT2D eigenvalue weighted by atomic mass is 10.0. The number of nitrogens with zero attached hydrogens (tertiary/aromatic N) is 1. The first-order valence-corrected chi connectivity index (χ1v) is 6.46. The van der Waals surface area contributed by atoms with E-state index in [0.29, 0.717) is 23.1 Å². The van der Waals surface area contributed by atoms with Gasteiger partial charge in [0.1, 0.15) is 5.54 Å². The Labute approximate surface area is 124 Å². The molecule has 1 N–H and O–H groups in total. The number of carboxylic acid groups (broad SMARTS) is 1. The van der Waals surface area contributed by atoms with Gasteiger partial charge in [0.05, 0.1) is 19.2 Å². The zero-order valence-electron chi connectivity index (χ0n) is 12.4. The largest absolute Gasteiger partial charge is 0.493 e. The number of halogens is 1. The smallest absolute Gasteiger partial charge is 0.323 e. The molecular weight excluding hydrogens is 282 g/mol. The van der Waals surface area contributed by atoms with Crippen LogP contribution < -0.4 is 9.47 Å². The maximum absolute atomic E-state index is 11.2. The van der Waals surface area contributed by atoms with E-state index in [1.165, 1.54) is 14.2 Å². The Hall–Kier alpha value is -1.46. The summed E-state index contributed by atoms with van der Waals surface area (Å²) in [6.07, 6.45) is 0. The van der Waals surface area contributed by atoms with Crippen LogP contribution in [0.5, 0.6) is 11.5 Å². The number of rotatable bonds is 6. The van der Waals surface area contributed by atoms with Gasteiger partial charge in [0, 0.05) is 6.54 Å². The van der Waals surface area contributed by atoms with Gasteiger partial charge in [-0.3, -0.25) is 9.69 Å². The van der Waals surface area contributed by atoms with E-state index in [1.807, 2.05) is 0 Å². The van der Waals surface area contributed by atoms with E-state index in [4.69, 9.17) is 21.1 Å². The number of ether oxygens (including phenoxy) is 2. The predicted octanol–water partition coefficient (Wildman–Crippen LogP) is 2.65. The summed E-state index contributed by atoms with van der Waals surface area (Å²) in [4.78, 5) is 13.0. The van der Waals surface area contributed by atoms with Crippen LogP contribution in [0.25, 0.3) is 0 Å². The normalized spacial score (nSPS) is 11.6. The Morgan fingerprint density at radius 1 is 1.35 bits per heavy atom. The van der Waals surface area contributed by atoms with Crippen LogP contribution >= 0.6 is 11.6 Å². The average molecular weight is 302 g/mol. The number of carboxylic acids is 1. The maximum Gasteiger partial charge on any atom is 0.323 e. The topological polar surface area (TPSA) is 59.0 Å². The lowest BCUT2D eigenvalue weighted by molar-refractivity contribution is -0.148. The molecule has 1 aromatic rings. The Kier molecular flexibility index (Phi) is 5.25. The summed E-state index contributed by atoms with van der Waals surface area (Å²) in [5, 5.41) is 9.65. The minimum absolute atomic E-state index is 0.430. The quantitative estimate of drug-likeness (QED) is 0.875. The second-order valence-corrected chi connectivity index (χ2v) is 5.44. The van der Waals surface area contributed by atoms with E-state index < -0.39 is 11.5 Å². The SMILES string of the molecule is COc1cc(CN(C)C(C)(C)C(=O)O)cc(Cl)c1OC. The highest BCUT2D eigenvalue weighted by atomic mass is 35.5. The van der Waals surface area contributed by atoms with Gasteiger partial charge in [-0.05, 0) is 38.6 Å². The lowest BCUT2D eigenvalue weighted by Crippen LogP contribution is -2.47. The van der Waals surface area contributed by atoms with Crippen LogP contribution in [0.2, 0.25) is 5.02 Å². The molecule has 5 nitrogen and oxygen atoms in total. The molecule has 20 heavy (non-hydrogen) atoms. The minimum Gasteiger partial charge on any atom is -0.493 e. The third kappa shape index (κ3) is 3.35. The Balaban J connectivity index is 3.05. The van der Waals surface area contributed by atoms with Crippen molar-refractivity contribution in [1.82, 2.24) is 4.90 Å². The lowest BCUT2D eigenvalue weighted by Gasteiger charge is -2.31. The molecule has 0 bridgehead atoms. The van der Waals surface area contributed by atoms with Crippen molar-refractivity contribution in [3.05, 3.63) is 22.7 Å². The minimum atomic E-state index is -0.973. The highest BCUT2D eigenvalue weighted by Gasteiger charge is 2.32. The van der Waals surface area contributed by atoms with Crippen LogP contribution in [0.1, 0.15) is 19.4 Å². The number of aliphatic carboxylic acids is 1. The summed E-state index contributed by atoms with van der Waals surface area (Å²) in [5.41, 5.74) is -0.121. The van der Waals surface area contributed by atoms with Crippen molar-refractivity contribution in [2.24, 2.45) is 0 Å².